The van der Waals surface area contributed by atoms with E-state index in [1.807, 2.05) is 80.6 Å². The van der Waals surface area contributed by atoms with Crippen LogP contribution in [0.25, 0.3) is 10.4 Å². The summed E-state index contributed by atoms with van der Waals surface area (Å²) in [6.45, 7) is 3.80. The Balaban J connectivity index is 1.69. The first-order valence-electron chi connectivity index (χ1n) is 10.8. The van der Waals surface area contributed by atoms with Crippen LogP contribution in [0.15, 0.2) is 72.8 Å². The normalized spacial score (nSPS) is 12.1. The minimum Gasteiger partial charge on any atom is -0.481 e. The Morgan fingerprint density at radius 1 is 0.939 bits per heavy atom. The van der Waals surface area contributed by atoms with Crippen LogP contribution in [0, 0.1) is 0 Å². The summed E-state index contributed by atoms with van der Waals surface area (Å²) in [7, 11) is 0. The Labute approximate surface area is 197 Å². The zero-order valence-electron chi connectivity index (χ0n) is 18.7. The van der Waals surface area contributed by atoms with Crippen molar-refractivity contribution in [2.75, 3.05) is 0 Å². The average molecular weight is 465 g/mol. The fourth-order valence-electron chi connectivity index (χ4n) is 3.55. The molecule has 0 fully saturated rings. The molecule has 0 unspecified atom stereocenters. The summed E-state index contributed by atoms with van der Waals surface area (Å²) in [4.78, 5) is 38.4. The van der Waals surface area contributed by atoms with E-state index in [1.165, 1.54) is 11.3 Å². The average Bonchev–Trinajstić information content (AvgIpc) is 3.27. The van der Waals surface area contributed by atoms with Gasteiger partial charge in [-0.3, -0.25) is 14.4 Å². The number of amides is 2. The van der Waals surface area contributed by atoms with Gasteiger partial charge in [-0.1, -0.05) is 60.7 Å². The molecule has 33 heavy (non-hydrogen) atoms. The number of thiophene rings is 1. The summed E-state index contributed by atoms with van der Waals surface area (Å²) in [5, 5.41) is 14.8. The van der Waals surface area contributed by atoms with Gasteiger partial charge < -0.3 is 15.7 Å². The smallest absolute Gasteiger partial charge is 0.303 e. The standard InChI is InChI=1S/C26H28N2O4S/c1-26(2,17-18-9-5-3-6-10-18)28-24(31)20(13-16-23(29)30)27-25(32)22-15-14-21(33-22)19-11-7-4-8-12-19/h3-12,14-15,20H,13,16-17H2,1-2H3,(H,27,32)(H,28,31)(H,29,30)/t20-/m0/s1. The zero-order chi connectivity index (χ0) is 23.8. The van der Waals surface area contributed by atoms with Gasteiger partial charge in [0.15, 0.2) is 0 Å². The second-order valence-corrected chi connectivity index (χ2v) is 9.61. The van der Waals surface area contributed by atoms with E-state index in [-0.39, 0.29) is 12.8 Å². The number of carbonyl (C=O) groups excluding carboxylic acids is 2. The van der Waals surface area contributed by atoms with Gasteiger partial charge in [0.05, 0.1) is 4.88 Å². The van der Waals surface area contributed by atoms with Crippen molar-refractivity contribution >= 4 is 29.1 Å². The number of nitrogens with one attached hydrogen (secondary N) is 2. The van der Waals surface area contributed by atoms with Crippen molar-refractivity contribution in [1.82, 2.24) is 10.6 Å². The molecule has 0 radical (unpaired) electrons. The summed E-state index contributed by atoms with van der Waals surface area (Å²) in [5.74, 6) is -1.81. The van der Waals surface area contributed by atoms with E-state index in [1.54, 1.807) is 6.07 Å². The Hall–Kier alpha value is -3.45. The predicted molar refractivity (Wildman–Crippen MR) is 130 cm³/mol. The maximum absolute atomic E-state index is 13.0. The first-order valence-corrected chi connectivity index (χ1v) is 11.6. The van der Waals surface area contributed by atoms with Gasteiger partial charge in [-0.15, -0.1) is 11.3 Å². The molecule has 2 aromatic carbocycles. The van der Waals surface area contributed by atoms with Gasteiger partial charge in [0, 0.05) is 16.8 Å². The molecule has 0 saturated carbocycles. The highest BCUT2D eigenvalue weighted by Crippen LogP contribution is 2.28. The lowest BCUT2D eigenvalue weighted by Gasteiger charge is -2.29. The number of aliphatic carboxylic acids is 1. The topological polar surface area (TPSA) is 95.5 Å². The second kappa shape index (κ2) is 10.9. The maximum Gasteiger partial charge on any atom is 0.303 e. The molecule has 1 heterocycles. The van der Waals surface area contributed by atoms with Crippen molar-refractivity contribution in [3.63, 3.8) is 0 Å². The van der Waals surface area contributed by atoms with E-state index in [9.17, 15) is 14.4 Å². The third-order valence-corrected chi connectivity index (χ3v) is 6.24. The summed E-state index contributed by atoms with van der Waals surface area (Å²) >= 11 is 1.33. The van der Waals surface area contributed by atoms with Crippen molar-refractivity contribution in [2.45, 2.75) is 44.7 Å². The van der Waals surface area contributed by atoms with E-state index in [2.05, 4.69) is 10.6 Å². The molecular formula is C26H28N2O4S. The lowest BCUT2D eigenvalue weighted by Crippen LogP contribution is -2.54. The molecule has 3 aromatic rings. The van der Waals surface area contributed by atoms with E-state index in [4.69, 9.17) is 5.11 Å². The van der Waals surface area contributed by atoms with Crippen LogP contribution in [0.2, 0.25) is 0 Å². The summed E-state index contributed by atoms with van der Waals surface area (Å²) < 4.78 is 0. The van der Waals surface area contributed by atoms with Crippen LogP contribution >= 0.6 is 11.3 Å². The molecule has 0 spiro atoms. The van der Waals surface area contributed by atoms with Gasteiger partial charge >= 0.3 is 5.97 Å². The van der Waals surface area contributed by atoms with Crippen LogP contribution in [0.4, 0.5) is 0 Å². The molecule has 2 amide bonds. The molecule has 172 valence electrons. The number of rotatable bonds is 10. The van der Waals surface area contributed by atoms with Gasteiger partial charge in [0.2, 0.25) is 5.91 Å². The number of hydrogen-bond donors (Lipinski definition) is 3. The summed E-state index contributed by atoms with van der Waals surface area (Å²) in [6, 6.07) is 22.1. The number of carbonyl (C=O) groups is 3. The fourth-order valence-corrected chi connectivity index (χ4v) is 4.47. The molecule has 0 bridgehead atoms. The van der Waals surface area contributed by atoms with Crippen LogP contribution in [-0.2, 0) is 16.0 Å². The molecular weight excluding hydrogens is 436 g/mol. The van der Waals surface area contributed by atoms with Gasteiger partial charge in [-0.25, -0.2) is 0 Å². The predicted octanol–water partition coefficient (Wildman–Crippen LogP) is 4.52. The van der Waals surface area contributed by atoms with Crippen molar-refractivity contribution in [1.29, 1.82) is 0 Å². The number of hydrogen-bond acceptors (Lipinski definition) is 4. The lowest BCUT2D eigenvalue weighted by molar-refractivity contribution is -0.137. The Morgan fingerprint density at radius 3 is 2.21 bits per heavy atom. The van der Waals surface area contributed by atoms with E-state index in [0.717, 1.165) is 16.0 Å². The maximum atomic E-state index is 13.0. The van der Waals surface area contributed by atoms with Crippen LogP contribution < -0.4 is 10.6 Å². The Kier molecular flexibility index (Phi) is 8.01. The number of carboxylic acids is 1. The molecule has 0 aliphatic rings. The van der Waals surface area contributed by atoms with E-state index < -0.39 is 29.4 Å². The molecule has 0 aliphatic heterocycles. The summed E-state index contributed by atoms with van der Waals surface area (Å²) in [6.07, 6.45) is 0.382. The first kappa shape index (κ1) is 24.2. The number of benzene rings is 2. The molecule has 0 saturated heterocycles. The highest BCUT2D eigenvalue weighted by Gasteiger charge is 2.28. The van der Waals surface area contributed by atoms with Crippen molar-refractivity contribution in [3.8, 4) is 10.4 Å². The third kappa shape index (κ3) is 7.29. The molecule has 6 nitrogen and oxygen atoms in total. The van der Waals surface area contributed by atoms with Gasteiger partial charge in [0.1, 0.15) is 6.04 Å². The van der Waals surface area contributed by atoms with Crippen molar-refractivity contribution in [3.05, 3.63) is 83.2 Å². The first-order chi connectivity index (χ1) is 15.7. The highest BCUT2D eigenvalue weighted by atomic mass is 32.1. The fraction of sp³-hybridized carbons (Fsp3) is 0.269. The quantitative estimate of drug-likeness (QED) is 0.411. The van der Waals surface area contributed by atoms with E-state index in [0.29, 0.717) is 11.3 Å². The summed E-state index contributed by atoms with van der Waals surface area (Å²) in [5.41, 5.74) is 1.50. The van der Waals surface area contributed by atoms with Crippen LogP contribution in [-0.4, -0.2) is 34.5 Å². The van der Waals surface area contributed by atoms with Gasteiger partial charge in [-0.05, 0) is 49.9 Å². The Morgan fingerprint density at radius 2 is 1.58 bits per heavy atom. The van der Waals surface area contributed by atoms with Crippen LogP contribution in [0.5, 0.6) is 0 Å². The van der Waals surface area contributed by atoms with Crippen LogP contribution in [0.1, 0.15) is 41.9 Å². The molecule has 1 atom stereocenters. The monoisotopic (exact) mass is 464 g/mol. The Bertz CT molecular complexity index is 1090. The molecule has 3 N–H and O–H groups in total. The largest absolute Gasteiger partial charge is 0.481 e. The van der Waals surface area contributed by atoms with Crippen molar-refractivity contribution in [2.24, 2.45) is 0 Å². The SMILES string of the molecule is CC(C)(Cc1ccccc1)NC(=O)[C@H](CCC(=O)O)NC(=O)c1ccc(-c2ccccc2)s1. The highest BCUT2D eigenvalue weighted by molar-refractivity contribution is 7.17. The molecule has 3 rings (SSSR count). The van der Waals surface area contributed by atoms with E-state index >= 15 is 0 Å². The second-order valence-electron chi connectivity index (χ2n) is 8.52. The molecule has 1 aromatic heterocycles. The zero-order valence-corrected chi connectivity index (χ0v) is 19.5. The lowest BCUT2D eigenvalue weighted by atomic mass is 9.94. The third-order valence-electron chi connectivity index (χ3n) is 5.11. The van der Waals surface area contributed by atoms with Gasteiger partial charge in [-0.2, -0.15) is 0 Å². The van der Waals surface area contributed by atoms with Gasteiger partial charge in [0.25, 0.3) is 5.91 Å². The minimum absolute atomic E-state index is 0.00520. The molecule has 7 heteroatoms. The minimum atomic E-state index is -1.02. The molecule has 0 aliphatic carbocycles. The van der Waals surface area contributed by atoms with Crippen molar-refractivity contribution < 1.29 is 19.5 Å². The van der Waals surface area contributed by atoms with Crippen LogP contribution in [0.3, 0.4) is 0 Å². The number of carboxylic acid groups (broad SMARTS) is 1.